The summed E-state index contributed by atoms with van der Waals surface area (Å²) in [7, 11) is 3.85. The summed E-state index contributed by atoms with van der Waals surface area (Å²) in [5.74, 6) is 0.176. The zero-order chi connectivity index (χ0) is 9.97. The normalized spacial score (nSPS) is 29.5. The van der Waals surface area contributed by atoms with Crippen molar-refractivity contribution in [3.05, 3.63) is 7.05 Å². The van der Waals surface area contributed by atoms with Crippen LogP contribution in [0.4, 0.5) is 0 Å². The van der Waals surface area contributed by atoms with Gasteiger partial charge in [-0.25, -0.2) is 0 Å². The molecule has 0 aromatic rings. The fourth-order valence-electron chi connectivity index (χ4n) is 1.94. The largest absolute Gasteiger partial charge is 0.456 e. The molecule has 0 spiro atoms. The summed E-state index contributed by atoms with van der Waals surface area (Å²) < 4.78 is 5.37. The number of hydrogen-bond donors (Lipinski definition) is 0. The van der Waals surface area contributed by atoms with Crippen LogP contribution in [0, 0.1) is 7.05 Å². The molecule has 2 aliphatic rings. The van der Waals surface area contributed by atoms with Crippen LogP contribution in [0.5, 0.6) is 0 Å². The Labute approximate surface area is 84.8 Å². The predicted molar refractivity (Wildman–Crippen MR) is 52.5 cm³/mol. The van der Waals surface area contributed by atoms with Gasteiger partial charge in [-0.1, -0.05) is 0 Å². The standard InChI is InChI=1S/C10H17N2O2/c1-11-4-6-12(7-5-11)10(13)9-3-2-8-14-9/h9H,1-8H2/q-1. The number of rotatable bonds is 1. The zero-order valence-electron chi connectivity index (χ0n) is 8.45. The molecule has 2 heterocycles. The summed E-state index contributed by atoms with van der Waals surface area (Å²) in [5.41, 5.74) is 0. The molecular formula is C10H17N2O2-. The number of carbonyl (C=O) groups excluding carboxylic acids is 1. The molecule has 1 amide bonds. The summed E-state index contributed by atoms with van der Waals surface area (Å²) in [5, 5.41) is 0. The first-order valence-corrected chi connectivity index (χ1v) is 5.23. The van der Waals surface area contributed by atoms with E-state index in [-0.39, 0.29) is 12.0 Å². The second-order valence-electron chi connectivity index (χ2n) is 3.94. The Morgan fingerprint density at radius 3 is 2.57 bits per heavy atom. The first-order valence-electron chi connectivity index (χ1n) is 5.23. The molecule has 0 bridgehead atoms. The van der Waals surface area contributed by atoms with Crippen LogP contribution in [0.1, 0.15) is 12.8 Å². The molecule has 4 nitrogen and oxygen atoms in total. The SMILES string of the molecule is [CH2-]N1CCN(C(=O)C2CCCO2)CC1. The monoisotopic (exact) mass is 197 g/mol. The maximum Gasteiger partial charge on any atom is 0.251 e. The molecule has 80 valence electrons. The predicted octanol–water partition coefficient (Wildman–Crippen LogP) is 0.101. The number of piperazine rings is 1. The van der Waals surface area contributed by atoms with Gasteiger partial charge in [-0.05, 0) is 25.9 Å². The summed E-state index contributed by atoms with van der Waals surface area (Å²) in [4.78, 5) is 15.8. The van der Waals surface area contributed by atoms with E-state index in [1.807, 2.05) is 9.80 Å². The molecule has 0 aromatic heterocycles. The molecular weight excluding hydrogens is 180 g/mol. The average Bonchev–Trinajstić information content (AvgIpc) is 2.71. The lowest BCUT2D eigenvalue weighted by Crippen LogP contribution is -2.49. The summed E-state index contributed by atoms with van der Waals surface area (Å²) in [6, 6.07) is 0. The molecule has 0 radical (unpaired) electrons. The van der Waals surface area contributed by atoms with Crippen LogP contribution in [0.15, 0.2) is 0 Å². The Bertz CT molecular complexity index is 206. The maximum absolute atomic E-state index is 11.9. The van der Waals surface area contributed by atoms with E-state index in [1.165, 1.54) is 0 Å². The van der Waals surface area contributed by atoms with Crippen LogP contribution in [0.2, 0.25) is 0 Å². The lowest BCUT2D eigenvalue weighted by molar-refractivity contribution is -0.142. The van der Waals surface area contributed by atoms with Gasteiger partial charge in [0.1, 0.15) is 6.10 Å². The highest BCUT2D eigenvalue weighted by Crippen LogP contribution is 2.15. The van der Waals surface area contributed by atoms with E-state index in [0.29, 0.717) is 0 Å². The van der Waals surface area contributed by atoms with Crippen molar-refractivity contribution < 1.29 is 9.53 Å². The fourth-order valence-corrected chi connectivity index (χ4v) is 1.94. The van der Waals surface area contributed by atoms with Crippen LogP contribution in [0.25, 0.3) is 0 Å². The Morgan fingerprint density at radius 2 is 2.00 bits per heavy atom. The van der Waals surface area contributed by atoms with Crippen molar-refractivity contribution in [2.75, 3.05) is 32.8 Å². The van der Waals surface area contributed by atoms with Crippen LogP contribution in [0.3, 0.4) is 0 Å². The third kappa shape index (κ3) is 2.07. The summed E-state index contributed by atoms with van der Waals surface area (Å²) >= 11 is 0. The Balaban J connectivity index is 1.85. The van der Waals surface area contributed by atoms with Gasteiger partial charge >= 0.3 is 0 Å². The minimum absolute atomic E-state index is 0.161. The Hall–Kier alpha value is -0.610. The van der Waals surface area contributed by atoms with Gasteiger partial charge in [0.25, 0.3) is 5.91 Å². The number of carbonyl (C=O) groups is 1. The summed E-state index contributed by atoms with van der Waals surface area (Å²) in [6.45, 7) is 4.08. The second-order valence-corrected chi connectivity index (χ2v) is 3.94. The Kier molecular flexibility index (Phi) is 3.03. The third-order valence-corrected chi connectivity index (χ3v) is 2.89. The van der Waals surface area contributed by atoms with Gasteiger partial charge in [0.2, 0.25) is 0 Å². The number of nitrogens with zero attached hydrogens (tertiary/aromatic N) is 2. The minimum Gasteiger partial charge on any atom is -0.456 e. The molecule has 2 saturated heterocycles. The van der Waals surface area contributed by atoms with Crippen LogP contribution >= 0.6 is 0 Å². The number of amides is 1. The van der Waals surface area contributed by atoms with Gasteiger partial charge in [-0.15, -0.1) is 0 Å². The molecule has 2 aliphatic heterocycles. The van der Waals surface area contributed by atoms with Crippen molar-refractivity contribution in [3.8, 4) is 0 Å². The molecule has 1 unspecified atom stereocenters. The van der Waals surface area contributed by atoms with Crippen molar-refractivity contribution >= 4 is 5.91 Å². The minimum atomic E-state index is -0.161. The molecule has 0 N–H and O–H groups in total. The van der Waals surface area contributed by atoms with Gasteiger partial charge in [0, 0.05) is 19.7 Å². The molecule has 1 atom stereocenters. The lowest BCUT2D eigenvalue weighted by Gasteiger charge is -2.37. The van der Waals surface area contributed by atoms with E-state index < -0.39 is 0 Å². The van der Waals surface area contributed by atoms with Crippen LogP contribution in [-0.4, -0.2) is 54.6 Å². The summed E-state index contributed by atoms with van der Waals surface area (Å²) in [6.07, 6.45) is 1.75. The molecule has 2 rings (SSSR count). The highest BCUT2D eigenvalue weighted by atomic mass is 16.5. The number of ether oxygens (including phenoxy) is 1. The quantitative estimate of drug-likeness (QED) is 0.559. The topological polar surface area (TPSA) is 32.8 Å². The van der Waals surface area contributed by atoms with E-state index in [4.69, 9.17) is 4.74 Å². The van der Waals surface area contributed by atoms with Gasteiger partial charge in [-0.2, -0.15) is 0 Å². The maximum atomic E-state index is 11.9. The van der Waals surface area contributed by atoms with Crippen molar-refractivity contribution in [1.29, 1.82) is 0 Å². The van der Waals surface area contributed by atoms with Crippen molar-refractivity contribution in [1.82, 2.24) is 9.80 Å². The first-order chi connectivity index (χ1) is 6.77. The Morgan fingerprint density at radius 1 is 1.29 bits per heavy atom. The van der Waals surface area contributed by atoms with E-state index >= 15 is 0 Å². The van der Waals surface area contributed by atoms with E-state index in [0.717, 1.165) is 45.6 Å². The van der Waals surface area contributed by atoms with Crippen LogP contribution < -0.4 is 0 Å². The van der Waals surface area contributed by atoms with Gasteiger partial charge in [-0.3, -0.25) is 11.8 Å². The number of hydrogen-bond acceptors (Lipinski definition) is 3. The van der Waals surface area contributed by atoms with Crippen molar-refractivity contribution in [2.45, 2.75) is 18.9 Å². The van der Waals surface area contributed by atoms with Crippen molar-refractivity contribution in [2.24, 2.45) is 0 Å². The molecule has 4 heteroatoms. The van der Waals surface area contributed by atoms with Gasteiger partial charge in [0.15, 0.2) is 0 Å². The van der Waals surface area contributed by atoms with E-state index in [2.05, 4.69) is 7.05 Å². The van der Waals surface area contributed by atoms with Gasteiger partial charge < -0.3 is 14.5 Å². The highest BCUT2D eigenvalue weighted by Gasteiger charge is 2.28. The first kappa shape index (κ1) is 9.93. The van der Waals surface area contributed by atoms with Gasteiger partial charge in [0.05, 0.1) is 0 Å². The molecule has 0 aromatic carbocycles. The average molecular weight is 197 g/mol. The smallest absolute Gasteiger partial charge is 0.251 e. The van der Waals surface area contributed by atoms with Crippen molar-refractivity contribution in [3.63, 3.8) is 0 Å². The molecule has 2 fully saturated rings. The molecule has 0 saturated carbocycles. The molecule has 14 heavy (non-hydrogen) atoms. The zero-order valence-corrected chi connectivity index (χ0v) is 8.45. The molecule has 0 aliphatic carbocycles. The van der Waals surface area contributed by atoms with E-state index in [9.17, 15) is 4.79 Å². The van der Waals surface area contributed by atoms with Crippen LogP contribution in [-0.2, 0) is 9.53 Å². The van der Waals surface area contributed by atoms with E-state index in [1.54, 1.807) is 0 Å². The highest BCUT2D eigenvalue weighted by molar-refractivity contribution is 5.81. The lowest BCUT2D eigenvalue weighted by atomic mass is 10.2. The fraction of sp³-hybridized carbons (Fsp3) is 0.800. The second kappa shape index (κ2) is 4.28. The third-order valence-electron chi connectivity index (χ3n) is 2.89.